The molecule has 4 aromatic rings. The van der Waals surface area contributed by atoms with Gasteiger partial charge in [-0.25, -0.2) is 0 Å². The second-order valence-corrected chi connectivity index (χ2v) is 7.34. The molecule has 0 amide bonds. The highest BCUT2D eigenvalue weighted by atomic mass is 16.6. The number of nitrogens with zero attached hydrogens (tertiary/aromatic N) is 1. The first-order valence-corrected chi connectivity index (χ1v) is 10.2. The van der Waals surface area contributed by atoms with Crippen molar-refractivity contribution in [3.63, 3.8) is 0 Å². The van der Waals surface area contributed by atoms with Crippen molar-refractivity contribution >= 4 is 16.9 Å². The Labute approximate surface area is 185 Å². The van der Waals surface area contributed by atoms with Gasteiger partial charge in [0.2, 0.25) is 5.75 Å². The van der Waals surface area contributed by atoms with E-state index in [-0.39, 0.29) is 18.1 Å². The van der Waals surface area contributed by atoms with Gasteiger partial charge in [-0.05, 0) is 23.3 Å². The lowest BCUT2D eigenvalue weighted by atomic mass is 10.1. The molecule has 0 aliphatic heterocycles. The molecule has 4 rings (SSSR count). The molecule has 0 spiro atoms. The van der Waals surface area contributed by atoms with Crippen molar-refractivity contribution < 1.29 is 19.0 Å². The topological polar surface area (TPSA) is 66.8 Å². The Morgan fingerprint density at radius 1 is 0.812 bits per heavy atom. The van der Waals surface area contributed by atoms with Crippen molar-refractivity contribution in [2.24, 2.45) is 7.05 Å². The first-order chi connectivity index (χ1) is 15.5. The van der Waals surface area contributed by atoms with Gasteiger partial charge in [0.05, 0.1) is 5.52 Å². The highest BCUT2D eigenvalue weighted by Gasteiger charge is 2.20. The van der Waals surface area contributed by atoms with Crippen LogP contribution in [0.1, 0.15) is 18.1 Å². The highest BCUT2D eigenvalue weighted by Crippen LogP contribution is 2.35. The lowest BCUT2D eigenvalue weighted by Crippen LogP contribution is -2.22. The zero-order valence-electron chi connectivity index (χ0n) is 17.9. The number of pyridine rings is 1. The molecule has 0 aliphatic rings. The van der Waals surface area contributed by atoms with Crippen LogP contribution in [0.15, 0.2) is 83.7 Å². The number of aromatic nitrogens is 1. The molecule has 6 nitrogen and oxygen atoms in total. The molecule has 0 fully saturated rings. The van der Waals surface area contributed by atoms with E-state index in [0.29, 0.717) is 23.3 Å². The second-order valence-electron chi connectivity index (χ2n) is 7.34. The summed E-state index contributed by atoms with van der Waals surface area (Å²) in [4.78, 5) is 24.7. The number of esters is 1. The number of rotatable bonds is 7. The minimum absolute atomic E-state index is 0.124. The van der Waals surface area contributed by atoms with E-state index in [9.17, 15) is 9.59 Å². The summed E-state index contributed by atoms with van der Waals surface area (Å²) in [7, 11) is 1.62. The first-order valence-electron chi connectivity index (χ1n) is 10.2. The predicted octanol–water partition coefficient (Wildman–Crippen LogP) is 4.62. The molecule has 0 bridgehead atoms. The smallest absolute Gasteiger partial charge is 0.308 e. The number of carbonyl (C=O) groups excluding carboxylic acids is 1. The molecule has 0 atom stereocenters. The molecule has 162 valence electrons. The molecular formula is C26H23NO5. The molecule has 32 heavy (non-hydrogen) atoms. The summed E-state index contributed by atoms with van der Waals surface area (Å²) in [6.07, 6.45) is 0. The fourth-order valence-electron chi connectivity index (χ4n) is 3.40. The normalized spacial score (nSPS) is 10.7. The fourth-order valence-corrected chi connectivity index (χ4v) is 3.40. The monoisotopic (exact) mass is 429 g/mol. The van der Waals surface area contributed by atoms with E-state index >= 15 is 0 Å². The number of aryl methyl sites for hydroxylation is 1. The maximum atomic E-state index is 13.0. The van der Waals surface area contributed by atoms with Crippen molar-refractivity contribution in [2.75, 3.05) is 0 Å². The van der Waals surface area contributed by atoms with Crippen LogP contribution >= 0.6 is 0 Å². The molecular weight excluding hydrogens is 406 g/mol. The van der Waals surface area contributed by atoms with E-state index in [0.717, 1.165) is 11.1 Å². The molecule has 0 saturated heterocycles. The van der Waals surface area contributed by atoms with Crippen LogP contribution in [-0.2, 0) is 25.1 Å². The summed E-state index contributed by atoms with van der Waals surface area (Å²) in [6.45, 7) is 1.89. The van der Waals surface area contributed by atoms with Gasteiger partial charge in [0.1, 0.15) is 19.0 Å². The molecule has 1 heterocycles. The van der Waals surface area contributed by atoms with Gasteiger partial charge in [0.15, 0.2) is 5.75 Å². The molecule has 3 aromatic carbocycles. The van der Waals surface area contributed by atoms with Gasteiger partial charge in [0.25, 0.3) is 5.56 Å². The highest BCUT2D eigenvalue weighted by molar-refractivity contribution is 5.89. The van der Waals surface area contributed by atoms with Crippen LogP contribution < -0.4 is 19.8 Å². The van der Waals surface area contributed by atoms with Crippen LogP contribution in [0.5, 0.6) is 17.2 Å². The molecule has 1 aromatic heterocycles. The predicted molar refractivity (Wildman–Crippen MR) is 122 cm³/mol. The van der Waals surface area contributed by atoms with Crippen molar-refractivity contribution in [2.45, 2.75) is 20.1 Å². The lowest BCUT2D eigenvalue weighted by molar-refractivity contribution is -0.132. The Hall–Kier alpha value is -4.06. The standard InChI is InChI=1S/C26H23NO5/c1-18(28)32-25-24(31-17-20-11-7-4-8-12-20)22-14-13-21(15-23(22)27(2)26(25)29)30-16-19-9-5-3-6-10-19/h3-15H,16-17H2,1-2H3. The summed E-state index contributed by atoms with van der Waals surface area (Å²) in [6, 6.07) is 24.8. The van der Waals surface area contributed by atoms with Gasteiger partial charge < -0.3 is 18.8 Å². The van der Waals surface area contributed by atoms with Crippen molar-refractivity contribution in [1.82, 2.24) is 4.57 Å². The van der Waals surface area contributed by atoms with Gasteiger partial charge in [-0.2, -0.15) is 0 Å². The van der Waals surface area contributed by atoms with E-state index in [1.54, 1.807) is 13.1 Å². The molecule has 0 saturated carbocycles. The number of hydrogen-bond donors (Lipinski definition) is 0. The zero-order chi connectivity index (χ0) is 22.5. The van der Waals surface area contributed by atoms with Crippen LogP contribution in [0.3, 0.4) is 0 Å². The lowest BCUT2D eigenvalue weighted by Gasteiger charge is -2.17. The average Bonchev–Trinajstić information content (AvgIpc) is 2.82. The summed E-state index contributed by atoms with van der Waals surface area (Å²) < 4.78 is 18.6. The number of benzene rings is 3. The average molecular weight is 429 g/mol. The van der Waals surface area contributed by atoms with Gasteiger partial charge >= 0.3 is 5.97 Å². The van der Waals surface area contributed by atoms with Gasteiger partial charge in [-0.15, -0.1) is 0 Å². The maximum absolute atomic E-state index is 13.0. The quantitative estimate of drug-likeness (QED) is 0.401. The summed E-state index contributed by atoms with van der Waals surface area (Å²) in [5, 5.41) is 0.645. The third kappa shape index (κ3) is 4.64. The van der Waals surface area contributed by atoms with Crippen LogP contribution in [0.25, 0.3) is 10.9 Å². The van der Waals surface area contributed by atoms with Crippen LogP contribution in [0.4, 0.5) is 0 Å². The van der Waals surface area contributed by atoms with Gasteiger partial charge in [-0.1, -0.05) is 60.7 Å². The number of fused-ring (bicyclic) bond motifs is 1. The van der Waals surface area contributed by atoms with Crippen molar-refractivity contribution in [1.29, 1.82) is 0 Å². The third-order valence-corrected chi connectivity index (χ3v) is 5.00. The Morgan fingerprint density at radius 2 is 1.41 bits per heavy atom. The van der Waals surface area contributed by atoms with Crippen LogP contribution in [-0.4, -0.2) is 10.5 Å². The van der Waals surface area contributed by atoms with E-state index in [1.807, 2.05) is 72.8 Å². The van der Waals surface area contributed by atoms with E-state index < -0.39 is 11.5 Å². The number of ether oxygens (including phenoxy) is 3. The zero-order valence-corrected chi connectivity index (χ0v) is 17.9. The summed E-state index contributed by atoms with van der Waals surface area (Å²) in [5.41, 5.74) is 2.12. The Morgan fingerprint density at radius 3 is 2.00 bits per heavy atom. The van der Waals surface area contributed by atoms with E-state index in [4.69, 9.17) is 14.2 Å². The Balaban J connectivity index is 1.73. The first kappa shape index (κ1) is 21.2. The number of hydrogen-bond acceptors (Lipinski definition) is 5. The van der Waals surface area contributed by atoms with Crippen LogP contribution in [0.2, 0.25) is 0 Å². The largest absolute Gasteiger partial charge is 0.489 e. The maximum Gasteiger partial charge on any atom is 0.308 e. The minimum Gasteiger partial charge on any atom is -0.489 e. The van der Waals surface area contributed by atoms with Gasteiger partial charge in [-0.3, -0.25) is 9.59 Å². The fraction of sp³-hybridized carbons (Fsp3) is 0.154. The van der Waals surface area contributed by atoms with Crippen molar-refractivity contribution in [3.8, 4) is 17.2 Å². The summed E-state index contributed by atoms with van der Waals surface area (Å²) in [5.74, 6) is 0.137. The Kier molecular flexibility index (Phi) is 6.22. The summed E-state index contributed by atoms with van der Waals surface area (Å²) >= 11 is 0. The molecule has 0 radical (unpaired) electrons. The molecule has 0 N–H and O–H groups in total. The minimum atomic E-state index is -0.589. The molecule has 0 unspecified atom stereocenters. The van der Waals surface area contributed by atoms with Gasteiger partial charge in [0, 0.05) is 25.4 Å². The molecule has 6 heteroatoms. The second kappa shape index (κ2) is 9.39. The van der Waals surface area contributed by atoms with E-state index in [2.05, 4.69) is 0 Å². The number of carbonyl (C=O) groups is 1. The van der Waals surface area contributed by atoms with Crippen LogP contribution in [0, 0.1) is 0 Å². The SMILES string of the molecule is CC(=O)Oc1c(OCc2ccccc2)c2ccc(OCc3ccccc3)cc2n(C)c1=O. The van der Waals surface area contributed by atoms with Crippen molar-refractivity contribution in [3.05, 3.63) is 100 Å². The Bertz CT molecular complexity index is 1300. The van der Waals surface area contributed by atoms with E-state index in [1.165, 1.54) is 11.5 Å². The third-order valence-electron chi connectivity index (χ3n) is 5.00. The molecule has 0 aliphatic carbocycles.